The standard InChI is InChI=1S/C15H23N3/c16-15-10-12(7-8-17-15)11-18-9-3-5-13-4-1-2-6-14(13)18/h7-8,10,13-14H,1-6,9,11H2,(H2,16,17). The largest absolute Gasteiger partial charge is 0.384 e. The second kappa shape index (κ2) is 5.27. The maximum atomic E-state index is 5.77. The van der Waals surface area contributed by atoms with E-state index in [0.29, 0.717) is 5.82 Å². The van der Waals surface area contributed by atoms with Gasteiger partial charge in [-0.1, -0.05) is 12.8 Å². The van der Waals surface area contributed by atoms with E-state index < -0.39 is 0 Å². The van der Waals surface area contributed by atoms with Crippen molar-refractivity contribution in [2.45, 2.75) is 51.1 Å². The van der Waals surface area contributed by atoms with E-state index in [0.717, 1.165) is 18.5 Å². The van der Waals surface area contributed by atoms with Crippen LogP contribution in [0.5, 0.6) is 0 Å². The summed E-state index contributed by atoms with van der Waals surface area (Å²) >= 11 is 0. The van der Waals surface area contributed by atoms with Crippen LogP contribution in [0, 0.1) is 5.92 Å². The maximum absolute atomic E-state index is 5.77. The van der Waals surface area contributed by atoms with Gasteiger partial charge in [0.25, 0.3) is 0 Å². The highest BCUT2D eigenvalue weighted by Crippen LogP contribution is 2.35. The SMILES string of the molecule is Nc1cc(CN2CCCC3CCCCC32)ccn1. The Bertz CT molecular complexity index is 402. The van der Waals surface area contributed by atoms with E-state index in [1.54, 1.807) is 0 Å². The van der Waals surface area contributed by atoms with Gasteiger partial charge in [-0.25, -0.2) is 4.98 Å². The zero-order valence-corrected chi connectivity index (χ0v) is 11.0. The van der Waals surface area contributed by atoms with Crippen molar-refractivity contribution < 1.29 is 0 Å². The Morgan fingerprint density at radius 1 is 1.22 bits per heavy atom. The molecule has 3 rings (SSSR count). The molecule has 2 fully saturated rings. The van der Waals surface area contributed by atoms with Crippen molar-refractivity contribution in [2.75, 3.05) is 12.3 Å². The minimum Gasteiger partial charge on any atom is -0.384 e. The van der Waals surface area contributed by atoms with Crippen LogP contribution < -0.4 is 5.73 Å². The summed E-state index contributed by atoms with van der Waals surface area (Å²) in [6.07, 6.45) is 10.3. The summed E-state index contributed by atoms with van der Waals surface area (Å²) in [5.41, 5.74) is 7.08. The number of rotatable bonds is 2. The summed E-state index contributed by atoms with van der Waals surface area (Å²) in [5.74, 6) is 1.59. The number of hydrogen-bond acceptors (Lipinski definition) is 3. The number of nitrogens with zero attached hydrogens (tertiary/aromatic N) is 2. The summed E-state index contributed by atoms with van der Waals surface area (Å²) in [5, 5.41) is 0. The third-order valence-corrected chi connectivity index (χ3v) is 4.59. The first-order valence-corrected chi connectivity index (χ1v) is 7.27. The number of pyridine rings is 1. The maximum Gasteiger partial charge on any atom is 0.123 e. The first-order chi connectivity index (χ1) is 8.83. The fraction of sp³-hybridized carbons (Fsp3) is 0.667. The van der Waals surface area contributed by atoms with Crippen molar-refractivity contribution in [1.29, 1.82) is 0 Å². The molecule has 1 aliphatic carbocycles. The molecule has 1 aliphatic heterocycles. The van der Waals surface area contributed by atoms with Crippen LogP contribution in [0.15, 0.2) is 18.3 Å². The van der Waals surface area contributed by atoms with Crippen LogP contribution in [0.2, 0.25) is 0 Å². The topological polar surface area (TPSA) is 42.1 Å². The highest BCUT2D eigenvalue weighted by atomic mass is 15.2. The number of fused-ring (bicyclic) bond motifs is 1. The summed E-state index contributed by atoms with van der Waals surface area (Å²) in [6, 6.07) is 4.94. The molecule has 1 saturated heterocycles. The smallest absolute Gasteiger partial charge is 0.123 e. The molecule has 18 heavy (non-hydrogen) atoms. The second-order valence-corrected chi connectivity index (χ2v) is 5.81. The van der Waals surface area contributed by atoms with E-state index in [1.165, 1.54) is 50.6 Å². The molecule has 0 amide bonds. The second-order valence-electron chi connectivity index (χ2n) is 5.81. The number of aromatic nitrogens is 1. The van der Waals surface area contributed by atoms with Gasteiger partial charge in [0.05, 0.1) is 0 Å². The van der Waals surface area contributed by atoms with Crippen molar-refractivity contribution in [3.05, 3.63) is 23.9 Å². The van der Waals surface area contributed by atoms with Gasteiger partial charge >= 0.3 is 0 Å². The van der Waals surface area contributed by atoms with Crippen LogP contribution in [0.1, 0.15) is 44.1 Å². The normalized spacial score (nSPS) is 28.9. The van der Waals surface area contributed by atoms with Crippen LogP contribution >= 0.6 is 0 Å². The highest BCUT2D eigenvalue weighted by Gasteiger charge is 2.32. The highest BCUT2D eigenvalue weighted by molar-refractivity contribution is 5.31. The average molecular weight is 245 g/mol. The van der Waals surface area contributed by atoms with E-state index in [2.05, 4.69) is 16.0 Å². The molecule has 1 aromatic heterocycles. The molecule has 0 aromatic carbocycles. The fourth-order valence-electron chi connectivity index (χ4n) is 3.75. The minimum absolute atomic E-state index is 0.643. The molecular formula is C15H23N3. The number of anilines is 1. The molecular weight excluding hydrogens is 222 g/mol. The lowest BCUT2D eigenvalue weighted by atomic mass is 9.78. The lowest BCUT2D eigenvalue weighted by Gasteiger charge is -2.44. The predicted octanol–water partition coefficient (Wildman–Crippen LogP) is 2.82. The van der Waals surface area contributed by atoms with Gasteiger partial charge in [0, 0.05) is 18.8 Å². The monoisotopic (exact) mass is 245 g/mol. The molecule has 2 atom stereocenters. The number of nitrogens with two attached hydrogens (primary N) is 1. The molecule has 0 radical (unpaired) electrons. The van der Waals surface area contributed by atoms with E-state index in [1.807, 2.05) is 12.3 Å². The van der Waals surface area contributed by atoms with Crippen LogP contribution in [-0.4, -0.2) is 22.5 Å². The first kappa shape index (κ1) is 12.0. The minimum atomic E-state index is 0.643. The molecule has 98 valence electrons. The number of hydrogen-bond donors (Lipinski definition) is 1. The summed E-state index contributed by atoms with van der Waals surface area (Å²) in [4.78, 5) is 6.76. The zero-order chi connectivity index (χ0) is 12.4. The Morgan fingerprint density at radius 3 is 2.94 bits per heavy atom. The predicted molar refractivity (Wildman–Crippen MR) is 74.0 cm³/mol. The third-order valence-electron chi connectivity index (χ3n) is 4.59. The van der Waals surface area contributed by atoms with Gasteiger partial charge in [0.15, 0.2) is 0 Å². The zero-order valence-electron chi connectivity index (χ0n) is 11.0. The van der Waals surface area contributed by atoms with Crippen LogP contribution in [-0.2, 0) is 6.54 Å². The molecule has 2 aliphatic rings. The summed E-state index contributed by atoms with van der Waals surface area (Å²) in [6.45, 7) is 2.30. The van der Waals surface area contributed by atoms with E-state index >= 15 is 0 Å². The Balaban J connectivity index is 1.71. The van der Waals surface area contributed by atoms with Gasteiger partial charge in [-0.05, 0) is 55.8 Å². The van der Waals surface area contributed by atoms with Gasteiger partial charge in [-0.15, -0.1) is 0 Å². The first-order valence-electron chi connectivity index (χ1n) is 7.27. The van der Waals surface area contributed by atoms with Gasteiger partial charge < -0.3 is 5.73 Å². The van der Waals surface area contributed by atoms with Crippen molar-refractivity contribution in [3.63, 3.8) is 0 Å². The molecule has 0 bridgehead atoms. The lowest BCUT2D eigenvalue weighted by Crippen LogP contribution is -2.46. The Morgan fingerprint density at radius 2 is 2.06 bits per heavy atom. The fourth-order valence-corrected chi connectivity index (χ4v) is 3.75. The lowest BCUT2D eigenvalue weighted by molar-refractivity contribution is 0.0547. The Labute approximate surface area is 109 Å². The van der Waals surface area contributed by atoms with Crippen molar-refractivity contribution in [3.8, 4) is 0 Å². The molecule has 1 aromatic rings. The summed E-state index contributed by atoms with van der Waals surface area (Å²) < 4.78 is 0. The van der Waals surface area contributed by atoms with Crippen molar-refractivity contribution >= 4 is 5.82 Å². The van der Waals surface area contributed by atoms with Gasteiger partial charge in [0.2, 0.25) is 0 Å². The molecule has 2 heterocycles. The molecule has 3 heteroatoms. The van der Waals surface area contributed by atoms with Crippen molar-refractivity contribution in [2.24, 2.45) is 5.92 Å². The van der Waals surface area contributed by atoms with Gasteiger partial charge in [0.1, 0.15) is 5.82 Å². The van der Waals surface area contributed by atoms with Crippen molar-refractivity contribution in [1.82, 2.24) is 9.88 Å². The van der Waals surface area contributed by atoms with Crippen LogP contribution in [0.4, 0.5) is 5.82 Å². The quantitative estimate of drug-likeness (QED) is 0.871. The van der Waals surface area contributed by atoms with Crippen LogP contribution in [0.3, 0.4) is 0 Å². The molecule has 2 unspecified atom stereocenters. The third kappa shape index (κ3) is 2.51. The molecule has 2 N–H and O–H groups in total. The van der Waals surface area contributed by atoms with E-state index in [9.17, 15) is 0 Å². The Kier molecular flexibility index (Phi) is 3.50. The molecule has 3 nitrogen and oxygen atoms in total. The number of likely N-dealkylation sites (tertiary alicyclic amines) is 1. The average Bonchev–Trinajstić information content (AvgIpc) is 2.39. The summed E-state index contributed by atoms with van der Waals surface area (Å²) in [7, 11) is 0. The van der Waals surface area contributed by atoms with E-state index in [-0.39, 0.29) is 0 Å². The Hall–Kier alpha value is -1.09. The van der Waals surface area contributed by atoms with Gasteiger partial charge in [-0.3, -0.25) is 4.90 Å². The molecule has 0 spiro atoms. The van der Waals surface area contributed by atoms with Crippen LogP contribution in [0.25, 0.3) is 0 Å². The van der Waals surface area contributed by atoms with E-state index in [4.69, 9.17) is 5.73 Å². The number of piperidine rings is 1. The van der Waals surface area contributed by atoms with Gasteiger partial charge in [-0.2, -0.15) is 0 Å². The molecule has 1 saturated carbocycles. The number of nitrogen functional groups attached to an aromatic ring is 1.